The van der Waals surface area contributed by atoms with Gasteiger partial charge in [-0.25, -0.2) is 0 Å². The fraction of sp³-hybridized carbons (Fsp3) is 0.842. The summed E-state index contributed by atoms with van der Waals surface area (Å²) in [4.78, 5) is 12.5. The Morgan fingerprint density at radius 3 is 2.73 bits per heavy atom. The lowest BCUT2D eigenvalue weighted by Crippen LogP contribution is -2.54. The second-order valence-corrected chi connectivity index (χ2v) is 8.02. The van der Waals surface area contributed by atoms with Crippen molar-refractivity contribution in [2.75, 3.05) is 0 Å². The average Bonchev–Trinajstić information content (AvgIpc) is 2.84. The molecule has 0 unspecified atom stereocenters. The van der Waals surface area contributed by atoms with Crippen LogP contribution in [-0.2, 0) is 4.79 Å². The van der Waals surface area contributed by atoms with Crippen LogP contribution in [0.4, 0.5) is 0 Å². The third-order valence-corrected chi connectivity index (χ3v) is 7.08. The highest BCUT2D eigenvalue weighted by Crippen LogP contribution is 2.63. The second-order valence-electron chi connectivity index (χ2n) is 8.02. The van der Waals surface area contributed by atoms with E-state index in [-0.39, 0.29) is 35.5 Å². The summed E-state index contributed by atoms with van der Waals surface area (Å²) in [6, 6.07) is 0. The summed E-state index contributed by atoms with van der Waals surface area (Å²) < 4.78 is 41.4. The molecule has 0 heterocycles. The summed E-state index contributed by atoms with van der Waals surface area (Å²) in [5, 5.41) is 21.4. The van der Waals surface area contributed by atoms with E-state index in [1.165, 1.54) is 6.08 Å². The molecule has 0 spiro atoms. The van der Waals surface area contributed by atoms with Crippen LogP contribution in [0.15, 0.2) is 11.6 Å². The molecule has 0 radical (unpaired) electrons. The van der Waals surface area contributed by atoms with E-state index in [0.29, 0.717) is 25.7 Å². The Hall–Kier alpha value is -0.670. The number of Topliss-reactive ketones (excluding diaryl/α,β-unsaturated/α-hetero) is 1. The van der Waals surface area contributed by atoms with Gasteiger partial charge in [-0.2, -0.15) is 0 Å². The predicted molar refractivity (Wildman–Crippen MR) is 84.1 cm³/mol. The Bertz CT molecular complexity index is 733. The molecule has 3 saturated carbocycles. The maximum absolute atomic E-state index is 12.5. The molecular formula is C19H28O3. The van der Waals surface area contributed by atoms with E-state index in [9.17, 15) is 15.0 Å². The fourth-order valence-corrected chi connectivity index (χ4v) is 5.71. The molecule has 2 N–H and O–H groups in total. The lowest BCUT2D eigenvalue weighted by Gasteiger charge is -2.58. The minimum atomic E-state index is -2.93. The first-order chi connectivity index (χ1) is 12.2. The number of hydrogen-bond acceptors (Lipinski definition) is 3. The van der Waals surface area contributed by atoms with Gasteiger partial charge < -0.3 is 10.2 Å². The zero-order chi connectivity index (χ0) is 20.2. The van der Waals surface area contributed by atoms with Crippen molar-refractivity contribution in [1.82, 2.24) is 0 Å². The number of hydrogen-bond donors (Lipinski definition) is 2. The zero-order valence-corrected chi connectivity index (χ0v) is 13.2. The number of aliphatic hydroxyl groups is 2. The number of aliphatic hydroxyl groups excluding tert-OH is 1. The molecule has 3 fully saturated rings. The SMILES string of the molecule is [2H]C1([2H])C[C@@]2(C)C(=C[C@@H](O)[C@@H]3[C@@H]2CC[C@]2(C)C(=O)CC[C@@H]32)C([2H])([2H])[C@@]1([2H])O. The van der Waals surface area contributed by atoms with Gasteiger partial charge in [0.15, 0.2) is 0 Å². The first kappa shape index (κ1) is 10.2. The molecule has 0 aromatic carbocycles. The lowest BCUT2D eigenvalue weighted by molar-refractivity contribution is -0.135. The number of fused-ring (bicyclic) bond motifs is 5. The van der Waals surface area contributed by atoms with Crippen LogP contribution in [0.2, 0.25) is 0 Å². The number of carbonyl (C=O) groups excluding carboxylic acids is 1. The minimum absolute atomic E-state index is 0.00178. The molecule has 3 nitrogen and oxygen atoms in total. The molecule has 0 saturated heterocycles. The molecular weight excluding hydrogens is 276 g/mol. The van der Waals surface area contributed by atoms with Crippen LogP contribution in [0.25, 0.3) is 0 Å². The van der Waals surface area contributed by atoms with E-state index in [4.69, 9.17) is 6.85 Å². The Labute approximate surface area is 139 Å². The van der Waals surface area contributed by atoms with Gasteiger partial charge in [-0.05, 0) is 61.6 Å². The van der Waals surface area contributed by atoms with Crippen LogP contribution >= 0.6 is 0 Å². The van der Waals surface area contributed by atoms with Gasteiger partial charge in [0.05, 0.1) is 13.6 Å². The van der Waals surface area contributed by atoms with Crippen molar-refractivity contribution in [1.29, 1.82) is 0 Å². The van der Waals surface area contributed by atoms with E-state index < -0.39 is 35.8 Å². The van der Waals surface area contributed by atoms with Crippen molar-refractivity contribution in [3.63, 3.8) is 0 Å². The Morgan fingerprint density at radius 1 is 1.23 bits per heavy atom. The molecule has 0 bridgehead atoms. The van der Waals surface area contributed by atoms with Crippen molar-refractivity contribution in [3.8, 4) is 0 Å². The van der Waals surface area contributed by atoms with Crippen molar-refractivity contribution >= 4 is 5.78 Å². The van der Waals surface area contributed by atoms with Crippen molar-refractivity contribution in [3.05, 3.63) is 11.6 Å². The second kappa shape index (κ2) is 4.67. The van der Waals surface area contributed by atoms with Gasteiger partial charge in [0.2, 0.25) is 0 Å². The van der Waals surface area contributed by atoms with Gasteiger partial charge >= 0.3 is 0 Å². The van der Waals surface area contributed by atoms with E-state index >= 15 is 0 Å². The molecule has 0 aliphatic heterocycles. The summed E-state index contributed by atoms with van der Waals surface area (Å²) in [5.41, 5.74) is -1.23. The van der Waals surface area contributed by atoms with Crippen LogP contribution in [0.3, 0.4) is 0 Å². The number of carbonyl (C=O) groups is 1. The van der Waals surface area contributed by atoms with Gasteiger partial charge in [0, 0.05) is 17.3 Å². The highest BCUT2D eigenvalue weighted by molar-refractivity contribution is 5.87. The minimum Gasteiger partial charge on any atom is -0.393 e. The third-order valence-electron chi connectivity index (χ3n) is 7.08. The number of ketones is 1. The van der Waals surface area contributed by atoms with Crippen LogP contribution in [-0.4, -0.2) is 28.2 Å². The predicted octanol–water partition coefficient (Wildman–Crippen LogP) is 2.85. The largest absolute Gasteiger partial charge is 0.393 e. The quantitative estimate of drug-likeness (QED) is 0.677. The average molecular weight is 309 g/mol. The van der Waals surface area contributed by atoms with E-state index in [1.807, 2.05) is 13.8 Å². The molecule has 4 aliphatic rings. The van der Waals surface area contributed by atoms with Crippen LogP contribution in [0, 0.1) is 28.6 Å². The maximum atomic E-state index is 12.5. The maximum Gasteiger partial charge on any atom is 0.139 e. The van der Waals surface area contributed by atoms with Crippen molar-refractivity contribution in [2.45, 2.75) is 70.9 Å². The first-order valence-electron chi connectivity index (χ1n) is 10.9. The summed E-state index contributed by atoms with van der Waals surface area (Å²) >= 11 is 0. The topological polar surface area (TPSA) is 57.5 Å². The summed E-state index contributed by atoms with van der Waals surface area (Å²) in [6.45, 7) is 3.78. The van der Waals surface area contributed by atoms with Crippen LogP contribution < -0.4 is 0 Å². The smallest absolute Gasteiger partial charge is 0.139 e. The normalized spacial score (nSPS) is 65.5. The first-order valence-corrected chi connectivity index (χ1v) is 8.37. The Morgan fingerprint density at radius 2 is 1.95 bits per heavy atom. The van der Waals surface area contributed by atoms with Gasteiger partial charge in [-0.3, -0.25) is 4.79 Å². The Kier molecular flexibility index (Phi) is 2.18. The lowest BCUT2D eigenvalue weighted by atomic mass is 9.47. The zero-order valence-electron chi connectivity index (χ0n) is 18.2. The molecule has 4 rings (SSSR count). The van der Waals surface area contributed by atoms with Crippen LogP contribution in [0.1, 0.15) is 65.6 Å². The van der Waals surface area contributed by atoms with Gasteiger partial charge in [-0.15, -0.1) is 0 Å². The highest BCUT2D eigenvalue weighted by Gasteiger charge is 2.60. The van der Waals surface area contributed by atoms with Crippen molar-refractivity contribution < 1.29 is 21.9 Å². The highest BCUT2D eigenvalue weighted by atomic mass is 16.3. The van der Waals surface area contributed by atoms with E-state index in [1.54, 1.807) is 0 Å². The summed E-state index contributed by atoms with van der Waals surface area (Å²) in [7, 11) is 0. The van der Waals surface area contributed by atoms with Gasteiger partial charge in [0.25, 0.3) is 0 Å². The van der Waals surface area contributed by atoms with E-state index in [2.05, 4.69) is 0 Å². The van der Waals surface area contributed by atoms with Gasteiger partial charge in [-0.1, -0.05) is 25.5 Å². The summed E-state index contributed by atoms with van der Waals surface area (Å²) in [6.07, 6.45) is -5.20. The monoisotopic (exact) mass is 309 g/mol. The molecule has 0 aromatic rings. The summed E-state index contributed by atoms with van der Waals surface area (Å²) in [5.74, 6) is -0.181. The molecule has 4 aliphatic carbocycles. The molecule has 22 heavy (non-hydrogen) atoms. The van der Waals surface area contributed by atoms with Crippen LogP contribution in [0.5, 0.6) is 0 Å². The molecule has 7 atom stereocenters. The fourth-order valence-electron chi connectivity index (χ4n) is 5.71. The molecule has 0 amide bonds. The number of rotatable bonds is 0. The van der Waals surface area contributed by atoms with E-state index in [0.717, 1.165) is 0 Å². The van der Waals surface area contributed by atoms with Gasteiger partial charge in [0.1, 0.15) is 5.78 Å². The molecule has 122 valence electrons. The molecule has 0 aromatic heterocycles. The molecule has 3 heteroatoms. The van der Waals surface area contributed by atoms with Crippen molar-refractivity contribution in [2.24, 2.45) is 28.6 Å². The standard InChI is InChI=1S/C19H28O3/c1-18-7-5-12(20)9-11(18)10-15(21)17-13-3-4-16(22)19(13,2)8-6-14(17)18/h10,12-15,17,20-21H,3-9H2,1-2H3/t12-,13-,14-,15+,17-,18-,19-/m0/s1/i5D2,9D2,12D. The Balaban J connectivity index is 1.86. The third kappa shape index (κ3) is 1.78.